The molecule has 0 fully saturated rings. The summed E-state index contributed by atoms with van der Waals surface area (Å²) in [5, 5.41) is 2.91. The van der Waals surface area contributed by atoms with E-state index >= 15 is 0 Å². The lowest BCUT2D eigenvalue weighted by Crippen LogP contribution is -2.17. The lowest BCUT2D eigenvalue weighted by molar-refractivity contribution is -0.112. The summed E-state index contributed by atoms with van der Waals surface area (Å²) in [6.07, 6.45) is 1.86. The van der Waals surface area contributed by atoms with E-state index in [1.807, 2.05) is 55.5 Å². The number of thioether (sulfide) groups is 1. The first-order chi connectivity index (χ1) is 11.2. The molecule has 0 radical (unpaired) electrons. The highest BCUT2D eigenvalue weighted by molar-refractivity contribution is 8.04. The second-order valence-electron chi connectivity index (χ2n) is 4.90. The van der Waals surface area contributed by atoms with Gasteiger partial charge in [-0.25, -0.2) is 0 Å². The van der Waals surface area contributed by atoms with Crippen LogP contribution in [0.3, 0.4) is 0 Å². The molecule has 0 unspecified atom stereocenters. The maximum atomic E-state index is 12.2. The van der Waals surface area contributed by atoms with Gasteiger partial charge in [-0.2, -0.15) is 0 Å². The lowest BCUT2D eigenvalue weighted by Gasteiger charge is -2.18. The SMILES string of the molecule is CCOc1ccc(/C=C2\Sc3ccccc3NC2=O)cc1OC. The Morgan fingerprint density at radius 3 is 2.78 bits per heavy atom. The Labute approximate surface area is 139 Å². The maximum Gasteiger partial charge on any atom is 0.262 e. The fourth-order valence-corrected chi connectivity index (χ4v) is 3.25. The molecule has 1 aliphatic rings. The molecule has 0 atom stereocenters. The summed E-state index contributed by atoms with van der Waals surface area (Å²) in [6.45, 7) is 2.50. The molecule has 5 heteroatoms. The Hall–Kier alpha value is -2.40. The van der Waals surface area contributed by atoms with Gasteiger partial charge in [0.1, 0.15) is 0 Å². The number of carbonyl (C=O) groups excluding carboxylic acids is 1. The summed E-state index contributed by atoms with van der Waals surface area (Å²) >= 11 is 1.46. The second-order valence-corrected chi connectivity index (χ2v) is 5.99. The van der Waals surface area contributed by atoms with Crippen LogP contribution in [0, 0.1) is 0 Å². The van der Waals surface area contributed by atoms with Gasteiger partial charge in [-0.15, -0.1) is 0 Å². The number of nitrogens with one attached hydrogen (secondary N) is 1. The van der Waals surface area contributed by atoms with Gasteiger partial charge >= 0.3 is 0 Å². The summed E-state index contributed by atoms with van der Waals surface area (Å²) in [5.74, 6) is 1.26. The maximum absolute atomic E-state index is 12.2. The average Bonchev–Trinajstić information content (AvgIpc) is 2.57. The van der Waals surface area contributed by atoms with Crippen molar-refractivity contribution in [2.24, 2.45) is 0 Å². The first-order valence-electron chi connectivity index (χ1n) is 7.32. The van der Waals surface area contributed by atoms with Gasteiger partial charge in [0.25, 0.3) is 5.91 Å². The van der Waals surface area contributed by atoms with Crippen molar-refractivity contribution < 1.29 is 14.3 Å². The van der Waals surface area contributed by atoms with Crippen LogP contribution in [0.4, 0.5) is 5.69 Å². The quantitative estimate of drug-likeness (QED) is 0.856. The van der Waals surface area contributed by atoms with E-state index < -0.39 is 0 Å². The predicted molar refractivity (Wildman–Crippen MR) is 93.1 cm³/mol. The van der Waals surface area contributed by atoms with Crippen molar-refractivity contribution in [3.8, 4) is 11.5 Å². The number of hydrogen-bond acceptors (Lipinski definition) is 4. The molecule has 1 N–H and O–H groups in total. The molecule has 4 nitrogen and oxygen atoms in total. The third-order valence-corrected chi connectivity index (χ3v) is 4.46. The largest absolute Gasteiger partial charge is 0.493 e. The minimum atomic E-state index is -0.0958. The third kappa shape index (κ3) is 3.35. The highest BCUT2D eigenvalue weighted by atomic mass is 32.2. The monoisotopic (exact) mass is 327 g/mol. The number of ether oxygens (including phenoxy) is 2. The molecule has 1 heterocycles. The zero-order valence-electron chi connectivity index (χ0n) is 13.0. The molecular weight excluding hydrogens is 310 g/mol. The van der Waals surface area contributed by atoms with Gasteiger partial charge in [0.15, 0.2) is 11.5 Å². The molecule has 3 rings (SSSR count). The molecule has 2 aromatic rings. The van der Waals surface area contributed by atoms with E-state index in [1.54, 1.807) is 7.11 Å². The molecule has 118 valence electrons. The molecule has 1 aliphatic heterocycles. The van der Waals surface area contributed by atoms with E-state index in [1.165, 1.54) is 11.8 Å². The van der Waals surface area contributed by atoms with E-state index in [9.17, 15) is 4.79 Å². The number of rotatable bonds is 4. The van der Waals surface area contributed by atoms with Gasteiger partial charge in [0.05, 0.1) is 24.3 Å². The van der Waals surface area contributed by atoms with Crippen molar-refractivity contribution in [3.63, 3.8) is 0 Å². The zero-order chi connectivity index (χ0) is 16.2. The molecule has 0 saturated carbocycles. The Bertz CT molecular complexity index is 771. The number of carbonyl (C=O) groups is 1. The van der Waals surface area contributed by atoms with E-state index in [2.05, 4.69) is 5.32 Å². The van der Waals surface area contributed by atoms with Crippen LogP contribution in [0.15, 0.2) is 52.3 Å². The molecule has 0 saturated heterocycles. The topological polar surface area (TPSA) is 47.6 Å². The molecule has 23 heavy (non-hydrogen) atoms. The molecule has 0 spiro atoms. The van der Waals surface area contributed by atoms with Gasteiger partial charge in [-0.3, -0.25) is 4.79 Å². The van der Waals surface area contributed by atoms with E-state index in [0.29, 0.717) is 23.0 Å². The molecule has 0 bridgehead atoms. The van der Waals surface area contributed by atoms with E-state index in [-0.39, 0.29) is 5.91 Å². The van der Waals surface area contributed by atoms with E-state index in [4.69, 9.17) is 9.47 Å². The van der Waals surface area contributed by atoms with Gasteiger partial charge in [-0.05, 0) is 42.8 Å². The van der Waals surface area contributed by atoms with Crippen LogP contribution in [-0.2, 0) is 4.79 Å². The second kappa shape index (κ2) is 6.79. The fraction of sp³-hybridized carbons (Fsp3) is 0.167. The summed E-state index contributed by atoms with van der Waals surface area (Å²) in [4.78, 5) is 13.9. The fourth-order valence-electron chi connectivity index (χ4n) is 2.30. The Morgan fingerprint density at radius 2 is 2.00 bits per heavy atom. The first-order valence-corrected chi connectivity index (χ1v) is 8.13. The Morgan fingerprint density at radius 1 is 1.17 bits per heavy atom. The summed E-state index contributed by atoms with van der Waals surface area (Å²) < 4.78 is 10.9. The minimum absolute atomic E-state index is 0.0958. The number of anilines is 1. The smallest absolute Gasteiger partial charge is 0.262 e. The lowest BCUT2D eigenvalue weighted by atomic mass is 10.2. The van der Waals surface area contributed by atoms with Crippen molar-refractivity contribution in [1.82, 2.24) is 0 Å². The molecule has 0 aromatic heterocycles. The van der Waals surface area contributed by atoms with Crippen molar-refractivity contribution in [2.45, 2.75) is 11.8 Å². The molecule has 0 aliphatic carbocycles. The van der Waals surface area contributed by atoms with E-state index in [0.717, 1.165) is 16.1 Å². The van der Waals surface area contributed by atoms with Crippen LogP contribution >= 0.6 is 11.8 Å². The van der Waals surface area contributed by atoms with Crippen molar-refractivity contribution in [2.75, 3.05) is 19.0 Å². The van der Waals surface area contributed by atoms with Crippen LogP contribution < -0.4 is 14.8 Å². The molecule has 2 aromatic carbocycles. The predicted octanol–water partition coefficient (Wildman–Crippen LogP) is 4.18. The molecular formula is C18H17NO3S. The normalized spacial score (nSPS) is 15.0. The molecule has 1 amide bonds. The highest BCUT2D eigenvalue weighted by Gasteiger charge is 2.20. The van der Waals surface area contributed by atoms with Crippen LogP contribution in [0.25, 0.3) is 6.08 Å². The average molecular weight is 327 g/mol. The highest BCUT2D eigenvalue weighted by Crippen LogP contribution is 2.39. The van der Waals surface area contributed by atoms with Crippen molar-refractivity contribution in [1.29, 1.82) is 0 Å². The van der Waals surface area contributed by atoms with Gasteiger partial charge in [-0.1, -0.05) is 30.0 Å². The summed E-state index contributed by atoms with van der Waals surface area (Å²) in [6, 6.07) is 13.4. The number of para-hydroxylation sites is 1. The van der Waals surface area contributed by atoms with Crippen molar-refractivity contribution >= 4 is 29.4 Å². The minimum Gasteiger partial charge on any atom is -0.493 e. The third-order valence-electron chi connectivity index (χ3n) is 3.36. The Kier molecular flexibility index (Phi) is 4.57. The van der Waals surface area contributed by atoms with Crippen LogP contribution in [-0.4, -0.2) is 19.6 Å². The van der Waals surface area contributed by atoms with Crippen LogP contribution in [0.2, 0.25) is 0 Å². The number of methoxy groups -OCH3 is 1. The number of benzene rings is 2. The summed E-state index contributed by atoms with van der Waals surface area (Å²) in [5.41, 5.74) is 1.74. The number of fused-ring (bicyclic) bond motifs is 1. The first kappa shape index (κ1) is 15.5. The number of hydrogen-bond donors (Lipinski definition) is 1. The van der Waals surface area contributed by atoms with Gasteiger partial charge in [0.2, 0.25) is 0 Å². The Balaban J connectivity index is 1.91. The standard InChI is InChI=1S/C18H17NO3S/c1-3-22-14-9-8-12(10-15(14)21-2)11-17-18(20)19-13-6-4-5-7-16(13)23-17/h4-11H,3H2,1-2H3,(H,19,20)/b17-11-. The zero-order valence-corrected chi connectivity index (χ0v) is 13.8. The van der Waals surface area contributed by atoms with Gasteiger partial charge in [0, 0.05) is 4.90 Å². The number of amides is 1. The van der Waals surface area contributed by atoms with Crippen LogP contribution in [0.1, 0.15) is 12.5 Å². The van der Waals surface area contributed by atoms with Crippen LogP contribution in [0.5, 0.6) is 11.5 Å². The van der Waals surface area contributed by atoms with Crippen molar-refractivity contribution in [3.05, 3.63) is 52.9 Å². The van der Waals surface area contributed by atoms with Gasteiger partial charge < -0.3 is 14.8 Å². The summed E-state index contributed by atoms with van der Waals surface area (Å²) in [7, 11) is 1.60.